The van der Waals surface area contributed by atoms with Gasteiger partial charge in [0.15, 0.2) is 5.82 Å². The third kappa shape index (κ3) is 2.19. The molecule has 1 fully saturated rings. The summed E-state index contributed by atoms with van der Waals surface area (Å²) in [5, 5.41) is 0. The summed E-state index contributed by atoms with van der Waals surface area (Å²) in [5.41, 5.74) is 12.3. The van der Waals surface area contributed by atoms with Crippen molar-refractivity contribution >= 4 is 17.6 Å². The van der Waals surface area contributed by atoms with E-state index >= 15 is 0 Å². The van der Waals surface area contributed by atoms with Crippen LogP contribution in [0.25, 0.3) is 17.5 Å². The van der Waals surface area contributed by atoms with Crippen LogP contribution >= 0.6 is 0 Å². The van der Waals surface area contributed by atoms with Gasteiger partial charge in [-0.15, -0.1) is 0 Å². The molecule has 2 N–H and O–H groups in total. The lowest BCUT2D eigenvalue weighted by Gasteiger charge is -2.29. The Hall–Kier alpha value is -2.40. The van der Waals surface area contributed by atoms with Crippen LogP contribution in [0.2, 0.25) is 0 Å². The Morgan fingerprint density at radius 2 is 1.96 bits per heavy atom. The summed E-state index contributed by atoms with van der Waals surface area (Å²) in [4.78, 5) is 12.4. The lowest BCUT2D eigenvalue weighted by atomic mass is 10.0. The SMILES string of the molecule is C1=Cc2c(nc(-c3cccc4c3CNN4)nc2N2CCCCC2)C1. The fourth-order valence-corrected chi connectivity index (χ4v) is 3.92. The number of allylic oxidation sites excluding steroid dienone is 1. The van der Waals surface area contributed by atoms with Crippen LogP contribution in [0.5, 0.6) is 0 Å². The molecule has 0 saturated carbocycles. The number of nitrogens with one attached hydrogen (secondary N) is 2. The zero-order chi connectivity index (χ0) is 15.9. The fraction of sp³-hybridized carbons (Fsp3) is 0.368. The van der Waals surface area contributed by atoms with Gasteiger partial charge in [0.1, 0.15) is 5.82 Å². The largest absolute Gasteiger partial charge is 0.356 e. The molecule has 0 bridgehead atoms. The van der Waals surface area contributed by atoms with Gasteiger partial charge in [-0.05, 0) is 25.3 Å². The Labute approximate surface area is 141 Å². The normalized spacial score (nSPS) is 18.4. The first kappa shape index (κ1) is 14.0. The van der Waals surface area contributed by atoms with E-state index in [1.165, 1.54) is 30.4 Å². The monoisotopic (exact) mass is 319 g/mol. The third-order valence-electron chi connectivity index (χ3n) is 5.16. The molecule has 5 heteroatoms. The maximum absolute atomic E-state index is 5.02. The van der Waals surface area contributed by atoms with Gasteiger partial charge in [-0.25, -0.2) is 15.4 Å². The van der Waals surface area contributed by atoms with Crippen molar-refractivity contribution in [2.24, 2.45) is 0 Å². The number of aromatic nitrogens is 2. The molecule has 0 spiro atoms. The van der Waals surface area contributed by atoms with E-state index in [9.17, 15) is 0 Å². The first-order chi connectivity index (χ1) is 11.9. The van der Waals surface area contributed by atoms with Gasteiger partial charge < -0.3 is 10.3 Å². The molecule has 0 amide bonds. The Morgan fingerprint density at radius 3 is 2.88 bits per heavy atom. The topological polar surface area (TPSA) is 53.1 Å². The van der Waals surface area contributed by atoms with Crippen LogP contribution in [0.4, 0.5) is 11.5 Å². The Kier molecular flexibility index (Phi) is 3.26. The van der Waals surface area contributed by atoms with Gasteiger partial charge in [-0.3, -0.25) is 0 Å². The van der Waals surface area contributed by atoms with Crippen LogP contribution in [0.1, 0.15) is 36.1 Å². The van der Waals surface area contributed by atoms with Crippen molar-refractivity contribution in [3.63, 3.8) is 0 Å². The molecule has 1 aliphatic carbocycles. The summed E-state index contributed by atoms with van der Waals surface area (Å²) in [5.74, 6) is 1.99. The Balaban J connectivity index is 1.64. The molecule has 2 aliphatic heterocycles. The highest BCUT2D eigenvalue weighted by atomic mass is 15.4. The first-order valence-corrected chi connectivity index (χ1v) is 8.84. The summed E-state index contributed by atoms with van der Waals surface area (Å²) in [6.07, 6.45) is 9.16. The second kappa shape index (κ2) is 5.60. The summed E-state index contributed by atoms with van der Waals surface area (Å²) < 4.78 is 0. The zero-order valence-electron chi connectivity index (χ0n) is 13.7. The van der Waals surface area contributed by atoms with Crippen LogP contribution in [0, 0.1) is 0 Å². The minimum absolute atomic E-state index is 0.809. The van der Waals surface area contributed by atoms with Gasteiger partial charge in [0.2, 0.25) is 0 Å². The minimum Gasteiger partial charge on any atom is -0.356 e. The third-order valence-corrected chi connectivity index (χ3v) is 5.16. The molecule has 1 saturated heterocycles. The predicted octanol–water partition coefficient (Wildman–Crippen LogP) is 3.13. The average molecular weight is 319 g/mol. The van der Waals surface area contributed by atoms with Crippen molar-refractivity contribution < 1.29 is 0 Å². The second-order valence-corrected chi connectivity index (χ2v) is 6.70. The second-order valence-electron chi connectivity index (χ2n) is 6.70. The van der Waals surface area contributed by atoms with Crippen LogP contribution in [-0.4, -0.2) is 23.1 Å². The first-order valence-electron chi connectivity index (χ1n) is 8.84. The summed E-state index contributed by atoms with van der Waals surface area (Å²) in [7, 11) is 0. The summed E-state index contributed by atoms with van der Waals surface area (Å²) in [6.45, 7) is 3.02. The number of anilines is 2. The van der Waals surface area contributed by atoms with Crippen molar-refractivity contribution in [3.05, 3.63) is 41.1 Å². The molecule has 5 rings (SSSR count). The van der Waals surface area contributed by atoms with Crippen molar-refractivity contribution in [1.29, 1.82) is 0 Å². The van der Waals surface area contributed by atoms with Gasteiger partial charge in [-0.2, -0.15) is 0 Å². The van der Waals surface area contributed by atoms with Gasteiger partial charge >= 0.3 is 0 Å². The number of hydrogen-bond donors (Lipinski definition) is 2. The summed E-state index contributed by atoms with van der Waals surface area (Å²) in [6, 6.07) is 6.31. The predicted molar refractivity (Wildman–Crippen MR) is 96.7 cm³/mol. The number of nitrogens with zero attached hydrogens (tertiary/aromatic N) is 3. The van der Waals surface area contributed by atoms with Crippen LogP contribution < -0.4 is 15.8 Å². The Bertz CT molecular complexity index is 821. The highest BCUT2D eigenvalue weighted by molar-refractivity contribution is 5.76. The van der Waals surface area contributed by atoms with Gasteiger partial charge in [0, 0.05) is 42.7 Å². The Morgan fingerprint density at radius 1 is 1.04 bits per heavy atom. The number of hydrazine groups is 1. The summed E-state index contributed by atoms with van der Waals surface area (Å²) >= 11 is 0. The number of hydrogen-bond acceptors (Lipinski definition) is 5. The van der Waals surface area contributed by atoms with Gasteiger partial charge in [-0.1, -0.05) is 24.3 Å². The number of benzene rings is 1. The standard InChI is InChI=1S/C19H21N5/c1-2-10-24(11-3-1)19-14-7-5-8-16(14)21-18(22-19)13-6-4-9-17-15(13)12-20-23-17/h4-7,9,20,23H,1-3,8,10-12H2. The minimum atomic E-state index is 0.809. The molecule has 0 unspecified atom stereocenters. The highest BCUT2D eigenvalue weighted by Crippen LogP contribution is 2.35. The molecule has 24 heavy (non-hydrogen) atoms. The smallest absolute Gasteiger partial charge is 0.162 e. The zero-order valence-corrected chi connectivity index (χ0v) is 13.7. The number of fused-ring (bicyclic) bond motifs is 2. The highest BCUT2D eigenvalue weighted by Gasteiger charge is 2.24. The fourth-order valence-electron chi connectivity index (χ4n) is 3.92. The maximum Gasteiger partial charge on any atom is 0.162 e. The van der Waals surface area contributed by atoms with Crippen molar-refractivity contribution in [3.8, 4) is 11.4 Å². The molecule has 1 aromatic carbocycles. The lowest BCUT2D eigenvalue weighted by molar-refractivity contribution is 0.572. The maximum atomic E-state index is 5.02. The van der Waals surface area contributed by atoms with E-state index in [1.54, 1.807) is 0 Å². The van der Waals surface area contributed by atoms with Crippen molar-refractivity contribution in [1.82, 2.24) is 15.4 Å². The molecule has 0 radical (unpaired) electrons. The van der Waals surface area contributed by atoms with Crippen molar-refractivity contribution in [2.75, 3.05) is 23.4 Å². The quantitative estimate of drug-likeness (QED) is 0.891. The van der Waals surface area contributed by atoms with Crippen molar-refractivity contribution in [2.45, 2.75) is 32.2 Å². The van der Waals surface area contributed by atoms with E-state index in [1.807, 2.05) is 0 Å². The molecular formula is C19H21N5. The molecule has 2 aromatic rings. The van der Waals surface area contributed by atoms with Gasteiger partial charge in [0.25, 0.3) is 0 Å². The van der Waals surface area contributed by atoms with E-state index in [4.69, 9.17) is 9.97 Å². The molecule has 0 atom stereocenters. The van der Waals surface area contributed by atoms with E-state index in [0.29, 0.717) is 0 Å². The van der Waals surface area contributed by atoms with Crippen LogP contribution in [0.3, 0.4) is 0 Å². The van der Waals surface area contributed by atoms with E-state index in [2.05, 4.69) is 46.1 Å². The molecule has 1 aromatic heterocycles. The molecule has 3 aliphatic rings. The average Bonchev–Trinajstić information content (AvgIpc) is 3.30. The molecular weight excluding hydrogens is 298 g/mol. The van der Waals surface area contributed by atoms with E-state index in [0.717, 1.165) is 54.6 Å². The van der Waals surface area contributed by atoms with E-state index < -0.39 is 0 Å². The lowest BCUT2D eigenvalue weighted by Crippen LogP contribution is -2.31. The molecule has 3 heterocycles. The molecule has 122 valence electrons. The number of piperidine rings is 1. The number of rotatable bonds is 2. The van der Waals surface area contributed by atoms with Gasteiger partial charge in [0.05, 0.1) is 11.4 Å². The van der Waals surface area contributed by atoms with E-state index in [-0.39, 0.29) is 0 Å². The van der Waals surface area contributed by atoms with Crippen LogP contribution in [-0.2, 0) is 13.0 Å². The molecule has 5 nitrogen and oxygen atoms in total. The van der Waals surface area contributed by atoms with Crippen LogP contribution in [0.15, 0.2) is 24.3 Å².